The molecule has 0 aliphatic carbocycles. The van der Waals surface area contributed by atoms with E-state index in [4.69, 9.17) is 4.74 Å². The lowest BCUT2D eigenvalue weighted by atomic mass is 10.1. The number of nitro benzene ring substituents is 1. The summed E-state index contributed by atoms with van der Waals surface area (Å²) in [5.41, 5.74) is -0.456. The molecule has 0 bridgehead atoms. The first-order chi connectivity index (χ1) is 12.8. The third kappa shape index (κ3) is 5.25. The number of esters is 1. The molecule has 1 fully saturated rings. The summed E-state index contributed by atoms with van der Waals surface area (Å²) in [7, 11) is 0. The number of amides is 2. The largest absolute Gasteiger partial charge is 0.466 e. The molecule has 1 heterocycles. The van der Waals surface area contributed by atoms with E-state index in [0.717, 1.165) is 0 Å². The van der Waals surface area contributed by atoms with Crippen LogP contribution in [0.3, 0.4) is 0 Å². The fraction of sp³-hybridized carbons (Fsp3) is 0.500. The van der Waals surface area contributed by atoms with Crippen molar-refractivity contribution in [3.05, 3.63) is 39.9 Å². The normalized spacial score (nSPS) is 16.8. The quantitative estimate of drug-likeness (QED) is 0.437. The van der Waals surface area contributed by atoms with Gasteiger partial charge < -0.3 is 15.0 Å². The summed E-state index contributed by atoms with van der Waals surface area (Å²) in [6.07, 6.45) is 0.401. The molecule has 2 rings (SSSR count). The van der Waals surface area contributed by atoms with E-state index in [-0.39, 0.29) is 37.4 Å². The Labute approximate surface area is 156 Å². The Balaban J connectivity index is 2.16. The van der Waals surface area contributed by atoms with Crippen LogP contribution in [-0.4, -0.2) is 53.3 Å². The highest BCUT2D eigenvalue weighted by Crippen LogP contribution is 2.22. The lowest BCUT2D eigenvalue weighted by Crippen LogP contribution is -2.57. The molecule has 9 nitrogen and oxygen atoms in total. The number of nitrogens with one attached hydrogen (secondary N) is 1. The molecule has 1 aromatic carbocycles. The third-order valence-corrected chi connectivity index (χ3v) is 4.24. The maximum atomic E-state index is 12.9. The number of carbonyl (C=O) groups is 3. The van der Waals surface area contributed by atoms with Gasteiger partial charge in [0, 0.05) is 19.2 Å². The van der Waals surface area contributed by atoms with Crippen LogP contribution in [0.2, 0.25) is 0 Å². The fourth-order valence-corrected chi connectivity index (χ4v) is 2.75. The van der Waals surface area contributed by atoms with E-state index in [1.165, 1.54) is 29.2 Å². The minimum absolute atomic E-state index is 0.115. The van der Waals surface area contributed by atoms with Gasteiger partial charge in [0.05, 0.1) is 18.0 Å². The van der Waals surface area contributed by atoms with Crippen molar-refractivity contribution < 1.29 is 24.0 Å². The molecule has 1 aliphatic rings. The number of benzene rings is 1. The van der Waals surface area contributed by atoms with Crippen molar-refractivity contribution >= 4 is 23.5 Å². The number of hydrogen-bond acceptors (Lipinski definition) is 6. The monoisotopic (exact) mass is 377 g/mol. The Bertz CT molecular complexity index is 734. The summed E-state index contributed by atoms with van der Waals surface area (Å²) in [6.45, 7) is 4.60. The van der Waals surface area contributed by atoms with Gasteiger partial charge in [-0.05, 0) is 18.4 Å². The van der Waals surface area contributed by atoms with Crippen molar-refractivity contribution in [3.8, 4) is 0 Å². The zero-order chi connectivity index (χ0) is 20.0. The minimum Gasteiger partial charge on any atom is -0.466 e. The molecule has 1 N–H and O–H groups in total. The van der Waals surface area contributed by atoms with Gasteiger partial charge in [-0.15, -0.1) is 0 Å². The van der Waals surface area contributed by atoms with E-state index in [1.54, 1.807) is 0 Å². The average molecular weight is 377 g/mol. The van der Waals surface area contributed by atoms with Gasteiger partial charge in [0.15, 0.2) is 0 Å². The van der Waals surface area contributed by atoms with E-state index in [1.807, 2.05) is 13.8 Å². The zero-order valence-corrected chi connectivity index (χ0v) is 15.3. The first-order valence-corrected chi connectivity index (χ1v) is 8.79. The van der Waals surface area contributed by atoms with Crippen LogP contribution in [0, 0.1) is 16.0 Å². The molecule has 0 radical (unpaired) electrons. The predicted octanol–water partition coefficient (Wildman–Crippen LogP) is 1.51. The average Bonchev–Trinajstić information content (AvgIpc) is 2.62. The number of nitrogens with zero attached hydrogens (tertiary/aromatic N) is 2. The number of hydrogen-bond donors (Lipinski definition) is 1. The molecular formula is C18H23N3O6. The van der Waals surface area contributed by atoms with Crippen LogP contribution < -0.4 is 5.32 Å². The number of nitro groups is 1. The molecule has 0 aromatic heterocycles. The number of para-hydroxylation sites is 1. The molecule has 9 heteroatoms. The second-order valence-electron chi connectivity index (χ2n) is 6.69. The summed E-state index contributed by atoms with van der Waals surface area (Å²) < 4.78 is 5.13. The van der Waals surface area contributed by atoms with E-state index in [2.05, 4.69) is 5.32 Å². The second kappa shape index (κ2) is 9.11. The van der Waals surface area contributed by atoms with E-state index in [9.17, 15) is 24.5 Å². The first kappa shape index (κ1) is 20.3. The topological polar surface area (TPSA) is 119 Å². The smallest absolute Gasteiger partial charge is 0.308 e. The Morgan fingerprint density at radius 2 is 2.07 bits per heavy atom. The zero-order valence-electron chi connectivity index (χ0n) is 15.3. The lowest BCUT2D eigenvalue weighted by Gasteiger charge is -2.34. The molecule has 1 saturated heterocycles. The molecule has 1 aromatic rings. The Hall–Kier alpha value is -2.97. The fourth-order valence-electron chi connectivity index (χ4n) is 2.75. The Morgan fingerprint density at radius 1 is 1.37 bits per heavy atom. The van der Waals surface area contributed by atoms with Crippen LogP contribution in [0.4, 0.5) is 5.69 Å². The summed E-state index contributed by atoms with van der Waals surface area (Å²) >= 11 is 0. The van der Waals surface area contributed by atoms with Crippen LogP contribution in [-0.2, 0) is 14.3 Å². The molecule has 146 valence electrons. The van der Waals surface area contributed by atoms with Crippen molar-refractivity contribution in [2.75, 3.05) is 19.7 Å². The second-order valence-corrected chi connectivity index (χ2v) is 6.69. The number of carbonyl (C=O) groups excluding carboxylic acids is 3. The molecule has 1 unspecified atom stereocenters. The molecule has 0 saturated carbocycles. The van der Waals surface area contributed by atoms with E-state index < -0.39 is 28.7 Å². The van der Waals surface area contributed by atoms with Gasteiger partial charge in [0.25, 0.3) is 11.6 Å². The summed E-state index contributed by atoms with van der Waals surface area (Å²) in [4.78, 5) is 48.9. The van der Waals surface area contributed by atoms with Crippen molar-refractivity contribution in [1.82, 2.24) is 10.2 Å². The SMILES string of the molecule is CC(C)CCOC(=O)CC1C(=O)NCCN1C(=O)c1ccccc1[N+](=O)[O-]. The van der Waals surface area contributed by atoms with Crippen LogP contribution in [0.5, 0.6) is 0 Å². The van der Waals surface area contributed by atoms with Gasteiger partial charge in [-0.25, -0.2) is 0 Å². The van der Waals surface area contributed by atoms with Gasteiger partial charge >= 0.3 is 5.97 Å². The van der Waals surface area contributed by atoms with Crippen LogP contribution >= 0.6 is 0 Å². The maximum Gasteiger partial charge on any atom is 0.308 e. The third-order valence-electron chi connectivity index (χ3n) is 4.24. The summed E-state index contributed by atoms with van der Waals surface area (Å²) in [5.74, 6) is -1.35. The van der Waals surface area contributed by atoms with Crippen LogP contribution in [0.15, 0.2) is 24.3 Å². The maximum absolute atomic E-state index is 12.9. The lowest BCUT2D eigenvalue weighted by molar-refractivity contribution is -0.385. The molecule has 0 spiro atoms. The summed E-state index contributed by atoms with van der Waals surface area (Å²) in [6, 6.07) is 4.48. The van der Waals surface area contributed by atoms with Gasteiger partial charge in [0.1, 0.15) is 11.6 Å². The highest BCUT2D eigenvalue weighted by atomic mass is 16.6. The van der Waals surface area contributed by atoms with Gasteiger partial charge in [-0.2, -0.15) is 0 Å². The summed E-state index contributed by atoms with van der Waals surface area (Å²) in [5, 5.41) is 13.8. The van der Waals surface area contributed by atoms with Crippen LogP contribution in [0.25, 0.3) is 0 Å². The molecule has 1 atom stereocenters. The van der Waals surface area contributed by atoms with Gasteiger partial charge in [-0.1, -0.05) is 26.0 Å². The van der Waals surface area contributed by atoms with E-state index in [0.29, 0.717) is 12.3 Å². The predicted molar refractivity (Wildman–Crippen MR) is 96.0 cm³/mol. The van der Waals surface area contributed by atoms with Gasteiger partial charge in [0.2, 0.25) is 5.91 Å². The molecule has 2 amide bonds. The Kier molecular flexibility index (Phi) is 6.86. The van der Waals surface area contributed by atoms with Crippen LogP contribution in [0.1, 0.15) is 37.0 Å². The number of ether oxygens (including phenoxy) is 1. The van der Waals surface area contributed by atoms with E-state index >= 15 is 0 Å². The molecule has 27 heavy (non-hydrogen) atoms. The standard InChI is InChI=1S/C18H23N3O6/c1-12(2)7-10-27-16(22)11-15-17(23)19-8-9-20(15)18(24)13-5-3-4-6-14(13)21(25)26/h3-6,12,15H,7-11H2,1-2H3,(H,19,23). The molecule has 1 aliphatic heterocycles. The number of rotatable bonds is 7. The Morgan fingerprint density at radius 3 is 2.74 bits per heavy atom. The first-order valence-electron chi connectivity index (χ1n) is 8.79. The van der Waals surface area contributed by atoms with Crippen molar-refractivity contribution in [1.29, 1.82) is 0 Å². The minimum atomic E-state index is -1.06. The van der Waals surface area contributed by atoms with Gasteiger partial charge in [-0.3, -0.25) is 24.5 Å². The van der Waals surface area contributed by atoms with Crippen molar-refractivity contribution in [2.24, 2.45) is 5.92 Å². The van der Waals surface area contributed by atoms with Crippen molar-refractivity contribution in [3.63, 3.8) is 0 Å². The highest BCUT2D eigenvalue weighted by molar-refractivity contribution is 6.01. The molecular weight excluding hydrogens is 354 g/mol. The highest BCUT2D eigenvalue weighted by Gasteiger charge is 2.37. The van der Waals surface area contributed by atoms with Crippen molar-refractivity contribution in [2.45, 2.75) is 32.7 Å². The number of piperazine rings is 1.